The van der Waals surface area contributed by atoms with E-state index in [4.69, 9.17) is 4.98 Å². The second-order valence-electron chi connectivity index (χ2n) is 8.46. The van der Waals surface area contributed by atoms with E-state index < -0.39 is 0 Å². The van der Waals surface area contributed by atoms with Crippen molar-refractivity contribution in [3.05, 3.63) is 62.5 Å². The Labute approximate surface area is 206 Å². The first-order valence-corrected chi connectivity index (χ1v) is 13.4. The summed E-state index contributed by atoms with van der Waals surface area (Å²) in [5.41, 5.74) is 4.36. The van der Waals surface area contributed by atoms with E-state index in [2.05, 4.69) is 10.4 Å². The van der Waals surface area contributed by atoms with Gasteiger partial charge in [0.1, 0.15) is 4.83 Å². The molecule has 7 nitrogen and oxygen atoms in total. The van der Waals surface area contributed by atoms with Crippen LogP contribution in [0.3, 0.4) is 0 Å². The molecule has 1 aliphatic carbocycles. The van der Waals surface area contributed by atoms with Crippen molar-refractivity contribution in [2.24, 2.45) is 0 Å². The van der Waals surface area contributed by atoms with Crippen LogP contribution in [-0.4, -0.2) is 31.0 Å². The Morgan fingerprint density at radius 1 is 1.18 bits per heavy atom. The Hall–Kier alpha value is -2.91. The summed E-state index contributed by atoms with van der Waals surface area (Å²) in [5, 5.41) is 8.75. The Bertz CT molecular complexity index is 1440. The maximum atomic E-state index is 13.7. The number of nitrogens with zero attached hydrogens (tertiary/aromatic N) is 4. The van der Waals surface area contributed by atoms with Crippen LogP contribution < -0.4 is 10.9 Å². The lowest BCUT2D eigenvalue weighted by molar-refractivity contribution is -0.113. The van der Waals surface area contributed by atoms with Gasteiger partial charge in [-0.2, -0.15) is 5.10 Å². The number of benzene rings is 1. The van der Waals surface area contributed by atoms with Crippen LogP contribution in [0.5, 0.6) is 0 Å². The molecule has 1 aromatic carbocycles. The number of para-hydroxylation sites is 1. The minimum atomic E-state index is -0.147. The number of fused-ring (bicyclic) bond motifs is 3. The van der Waals surface area contributed by atoms with Crippen molar-refractivity contribution in [1.29, 1.82) is 0 Å². The van der Waals surface area contributed by atoms with Gasteiger partial charge in [0.2, 0.25) is 5.91 Å². The molecule has 0 saturated heterocycles. The predicted octanol–water partition coefficient (Wildman–Crippen LogP) is 4.89. The van der Waals surface area contributed by atoms with Crippen molar-refractivity contribution in [2.45, 2.75) is 58.2 Å². The molecular formula is C25H27N5O2S2. The van der Waals surface area contributed by atoms with Crippen molar-refractivity contribution in [2.75, 3.05) is 11.1 Å². The van der Waals surface area contributed by atoms with Gasteiger partial charge >= 0.3 is 0 Å². The van der Waals surface area contributed by atoms with Crippen LogP contribution in [0.2, 0.25) is 0 Å². The lowest BCUT2D eigenvalue weighted by atomic mass is 9.97. The third kappa shape index (κ3) is 4.07. The average Bonchev–Trinajstić information content (AvgIpc) is 3.35. The molecule has 4 aromatic rings. The lowest BCUT2D eigenvalue weighted by Gasteiger charge is -2.13. The van der Waals surface area contributed by atoms with E-state index in [0.717, 1.165) is 65.2 Å². The molecule has 3 heterocycles. The molecule has 0 bridgehead atoms. The summed E-state index contributed by atoms with van der Waals surface area (Å²) >= 11 is 2.92. The SMILES string of the molecule is CCn1nc(C)c(NC(=O)CSc2nc3sc4c(c3c(=O)n2-c2ccccc2)CCCC4)c1C. The third-order valence-corrected chi connectivity index (χ3v) is 8.37. The molecule has 0 aliphatic heterocycles. The summed E-state index contributed by atoms with van der Waals surface area (Å²) < 4.78 is 3.53. The molecular weight excluding hydrogens is 466 g/mol. The molecule has 0 spiro atoms. The van der Waals surface area contributed by atoms with E-state index in [1.807, 2.05) is 55.8 Å². The molecule has 176 valence electrons. The number of hydrogen-bond acceptors (Lipinski definition) is 6. The molecule has 0 unspecified atom stereocenters. The maximum Gasteiger partial charge on any atom is 0.267 e. The normalized spacial score (nSPS) is 13.3. The zero-order chi connectivity index (χ0) is 23.8. The molecule has 1 N–H and O–H groups in total. The summed E-state index contributed by atoms with van der Waals surface area (Å²) in [7, 11) is 0. The van der Waals surface area contributed by atoms with Crippen LogP contribution in [0.25, 0.3) is 15.9 Å². The van der Waals surface area contributed by atoms with Gasteiger partial charge in [-0.15, -0.1) is 11.3 Å². The van der Waals surface area contributed by atoms with E-state index >= 15 is 0 Å². The van der Waals surface area contributed by atoms with Gasteiger partial charge in [0.15, 0.2) is 5.16 Å². The monoisotopic (exact) mass is 493 g/mol. The van der Waals surface area contributed by atoms with Crippen molar-refractivity contribution in [3.63, 3.8) is 0 Å². The van der Waals surface area contributed by atoms with Gasteiger partial charge in [0.05, 0.1) is 33.9 Å². The third-order valence-electron chi connectivity index (χ3n) is 6.25. The van der Waals surface area contributed by atoms with Crippen LogP contribution in [0.1, 0.15) is 41.6 Å². The topological polar surface area (TPSA) is 81.8 Å². The highest BCUT2D eigenvalue weighted by molar-refractivity contribution is 7.99. The molecule has 1 amide bonds. The first-order chi connectivity index (χ1) is 16.5. The molecule has 3 aromatic heterocycles. The molecule has 9 heteroatoms. The maximum absolute atomic E-state index is 13.7. The van der Waals surface area contributed by atoms with Crippen molar-refractivity contribution < 1.29 is 4.79 Å². The highest BCUT2D eigenvalue weighted by atomic mass is 32.2. The second-order valence-corrected chi connectivity index (χ2v) is 10.5. The van der Waals surface area contributed by atoms with Gasteiger partial charge in [-0.25, -0.2) is 4.98 Å². The summed E-state index contributed by atoms with van der Waals surface area (Å²) in [5.74, 6) is -0.00206. The minimum Gasteiger partial charge on any atom is -0.322 e. The van der Waals surface area contributed by atoms with E-state index in [0.29, 0.717) is 5.16 Å². The summed E-state index contributed by atoms with van der Waals surface area (Å²) in [6.07, 6.45) is 4.20. The van der Waals surface area contributed by atoms with Crippen LogP contribution in [-0.2, 0) is 24.2 Å². The zero-order valence-electron chi connectivity index (χ0n) is 19.6. The quantitative estimate of drug-likeness (QED) is 0.306. The molecule has 0 saturated carbocycles. The van der Waals surface area contributed by atoms with Crippen LogP contribution in [0.15, 0.2) is 40.3 Å². The molecule has 0 fully saturated rings. The van der Waals surface area contributed by atoms with Crippen molar-refractivity contribution in [1.82, 2.24) is 19.3 Å². The molecule has 1 aliphatic rings. The van der Waals surface area contributed by atoms with E-state index in [-0.39, 0.29) is 17.2 Å². The number of anilines is 1. The number of amides is 1. The molecule has 5 rings (SSSR count). The lowest BCUT2D eigenvalue weighted by Crippen LogP contribution is -2.23. The van der Waals surface area contributed by atoms with Crippen LogP contribution >= 0.6 is 23.1 Å². The van der Waals surface area contributed by atoms with Gasteiger partial charge in [-0.3, -0.25) is 18.8 Å². The molecule has 0 radical (unpaired) electrons. The summed E-state index contributed by atoms with van der Waals surface area (Å²) in [4.78, 5) is 33.6. The van der Waals surface area contributed by atoms with E-state index in [1.165, 1.54) is 22.2 Å². The smallest absolute Gasteiger partial charge is 0.267 e. The Kier molecular flexibility index (Phi) is 6.31. The number of carbonyl (C=O) groups is 1. The van der Waals surface area contributed by atoms with E-state index in [1.54, 1.807) is 15.9 Å². The average molecular weight is 494 g/mol. The van der Waals surface area contributed by atoms with Gasteiger partial charge in [0, 0.05) is 11.4 Å². The van der Waals surface area contributed by atoms with Crippen LogP contribution in [0, 0.1) is 13.8 Å². The number of rotatable bonds is 6. The van der Waals surface area contributed by atoms with E-state index in [9.17, 15) is 9.59 Å². The Morgan fingerprint density at radius 3 is 2.68 bits per heavy atom. The standard InChI is InChI=1S/C25H27N5O2S2/c1-4-29-16(3)22(15(2)28-29)26-20(31)14-33-25-27-23-21(18-12-8-9-13-19(18)34-23)24(32)30(25)17-10-6-5-7-11-17/h5-7,10-11H,4,8-9,12-14H2,1-3H3,(H,26,31). The van der Waals surface area contributed by atoms with Gasteiger partial charge in [0.25, 0.3) is 5.56 Å². The van der Waals surface area contributed by atoms with Crippen molar-refractivity contribution in [3.8, 4) is 5.69 Å². The fourth-order valence-electron chi connectivity index (χ4n) is 4.58. The highest BCUT2D eigenvalue weighted by Gasteiger charge is 2.23. The van der Waals surface area contributed by atoms with Gasteiger partial charge in [-0.05, 0) is 64.2 Å². The predicted molar refractivity (Wildman–Crippen MR) is 139 cm³/mol. The number of carbonyl (C=O) groups excluding carboxylic acids is 1. The van der Waals surface area contributed by atoms with Gasteiger partial charge < -0.3 is 5.32 Å². The first-order valence-electron chi connectivity index (χ1n) is 11.6. The summed E-state index contributed by atoms with van der Waals surface area (Å²) in [6.45, 7) is 6.61. The molecule has 34 heavy (non-hydrogen) atoms. The summed E-state index contributed by atoms with van der Waals surface area (Å²) in [6, 6.07) is 9.56. The fraction of sp³-hybridized carbons (Fsp3) is 0.360. The van der Waals surface area contributed by atoms with Gasteiger partial charge in [-0.1, -0.05) is 30.0 Å². The number of nitrogens with one attached hydrogen (secondary N) is 1. The minimum absolute atomic E-state index is 0.0468. The fourth-order valence-corrected chi connectivity index (χ4v) is 6.69. The number of thioether (sulfide) groups is 1. The Morgan fingerprint density at radius 2 is 1.94 bits per heavy atom. The first kappa shape index (κ1) is 22.9. The number of hydrogen-bond donors (Lipinski definition) is 1. The zero-order valence-corrected chi connectivity index (χ0v) is 21.2. The Balaban J connectivity index is 1.50. The number of thiophene rings is 1. The number of aromatic nitrogens is 4. The number of aryl methyl sites for hydroxylation is 4. The largest absolute Gasteiger partial charge is 0.322 e. The second kappa shape index (κ2) is 9.38. The van der Waals surface area contributed by atoms with Crippen LogP contribution in [0.4, 0.5) is 5.69 Å². The highest BCUT2D eigenvalue weighted by Crippen LogP contribution is 2.35. The molecule has 0 atom stereocenters. The van der Waals surface area contributed by atoms with Crippen molar-refractivity contribution >= 4 is 44.9 Å².